The number of methoxy groups -OCH3 is 1. The molecule has 3 aromatic heterocycles. The quantitative estimate of drug-likeness (QED) is 0.491. The summed E-state index contributed by atoms with van der Waals surface area (Å²) in [5.41, 5.74) is 2.15. The number of anilines is 2. The maximum Gasteiger partial charge on any atom is 0.260 e. The van der Waals surface area contributed by atoms with E-state index in [1.165, 1.54) is 11.3 Å². The predicted molar refractivity (Wildman–Crippen MR) is 136 cm³/mol. The maximum absolute atomic E-state index is 13.0. The van der Waals surface area contributed by atoms with Gasteiger partial charge in [-0.2, -0.15) is 5.10 Å². The van der Waals surface area contributed by atoms with Crippen molar-refractivity contribution in [3.8, 4) is 0 Å². The number of amides is 2. The molecule has 2 N–H and O–H groups in total. The third kappa shape index (κ3) is 6.31. The van der Waals surface area contributed by atoms with E-state index in [1.54, 1.807) is 37.0 Å². The third-order valence-corrected chi connectivity index (χ3v) is 6.56. The molecule has 4 heterocycles. The molecule has 0 saturated carbocycles. The molecule has 0 aromatic carbocycles. The lowest BCUT2D eigenvalue weighted by molar-refractivity contribution is -0.121. The van der Waals surface area contributed by atoms with Crippen LogP contribution in [0.15, 0.2) is 30.7 Å². The molecule has 35 heavy (non-hydrogen) atoms. The van der Waals surface area contributed by atoms with E-state index in [0.29, 0.717) is 42.3 Å². The number of morpholine rings is 1. The van der Waals surface area contributed by atoms with Crippen LogP contribution in [0.1, 0.15) is 34.8 Å². The number of carbonyl (C=O) groups is 2. The zero-order valence-electron chi connectivity index (χ0n) is 20.3. The second-order valence-electron chi connectivity index (χ2n) is 8.61. The molecule has 11 heteroatoms. The van der Waals surface area contributed by atoms with Crippen molar-refractivity contribution in [2.75, 3.05) is 44.0 Å². The van der Waals surface area contributed by atoms with Gasteiger partial charge in [-0.25, -0.2) is 4.52 Å². The number of ether oxygens (including phenoxy) is 2. The molecule has 0 radical (unpaired) electrons. The highest BCUT2D eigenvalue weighted by atomic mass is 32.1. The molecule has 1 aliphatic heterocycles. The summed E-state index contributed by atoms with van der Waals surface area (Å²) in [6.07, 6.45) is 9.01. The van der Waals surface area contributed by atoms with Crippen LogP contribution in [0.5, 0.6) is 0 Å². The summed E-state index contributed by atoms with van der Waals surface area (Å²) in [7, 11) is 1.64. The topological polar surface area (TPSA) is 110 Å². The molecule has 0 spiro atoms. The van der Waals surface area contributed by atoms with E-state index in [4.69, 9.17) is 9.47 Å². The van der Waals surface area contributed by atoms with Crippen LogP contribution in [-0.4, -0.2) is 76.9 Å². The first-order chi connectivity index (χ1) is 16.8. The molecular formula is C24H30N6O4S. The van der Waals surface area contributed by atoms with E-state index < -0.39 is 0 Å². The number of rotatable bonds is 8. The van der Waals surface area contributed by atoms with E-state index in [2.05, 4.69) is 25.6 Å². The van der Waals surface area contributed by atoms with Crippen LogP contribution >= 0.6 is 11.3 Å². The van der Waals surface area contributed by atoms with Crippen molar-refractivity contribution in [2.45, 2.75) is 33.0 Å². The van der Waals surface area contributed by atoms with Gasteiger partial charge in [-0.15, -0.1) is 11.3 Å². The van der Waals surface area contributed by atoms with Crippen LogP contribution in [0.2, 0.25) is 0 Å². The number of aromatic nitrogens is 3. The van der Waals surface area contributed by atoms with Gasteiger partial charge < -0.3 is 20.1 Å². The van der Waals surface area contributed by atoms with Crippen LogP contribution in [0.4, 0.5) is 11.4 Å². The number of nitrogens with one attached hydrogen (secondary N) is 2. The van der Waals surface area contributed by atoms with E-state index >= 15 is 0 Å². The van der Waals surface area contributed by atoms with Crippen LogP contribution in [-0.2, 0) is 14.3 Å². The van der Waals surface area contributed by atoms with Gasteiger partial charge in [0.05, 0.1) is 60.4 Å². The lowest BCUT2D eigenvalue weighted by Gasteiger charge is -2.34. The van der Waals surface area contributed by atoms with Crippen molar-refractivity contribution in [3.63, 3.8) is 0 Å². The van der Waals surface area contributed by atoms with Crippen molar-refractivity contribution in [1.29, 1.82) is 0 Å². The number of thiazole rings is 1. The molecule has 2 unspecified atom stereocenters. The fraction of sp³-hybridized carbons (Fsp3) is 0.417. The Hall–Kier alpha value is -3.12. The van der Waals surface area contributed by atoms with Crippen molar-refractivity contribution in [3.05, 3.63) is 46.9 Å². The van der Waals surface area contributed by atoms with Gasteiger partial charge >= 0.3 is 0 Å². The number of pyridine rings is 1. The Morgan fingerprint density at radius 2 is 2.03 bits per heavy atom. The van der Waals surface area contributed by atoms with Crippen molar-refractivity contribution >= 4 is 45.4 Å². The average molecular weight is 499 g/mol. The Bertz CT molecular complexity index is 1230. The van der Waals surface area contributed by atoms with Gasteiger partial charge in [0, 0.05) is 31.3 Å². The first-order valence-electron chi connectivity index (χ1n) is 11.4. The molecule has 10 nitrogen and oxygen atoms in total. The highest BCUT2D eigenvalue weighted by molar-refractivity contribution is 7.18. The second kappa shape index (κ2) is 11.1. The minimum absolute atomic E-state index is 0.0884. The largest absolute Gasteiger partial charge is 0.381 e. The molecule has 1 aliphatic rings. The summed E-state index contributed by atoms with van der Waals surface area (Å²) in [5.74, 6) is -0.431. The first-order valence-corrected chi connectivity index (χ1v) is 12.2. The second-order valence-corrected chi connectivity index (χ2v) is 9.67. The zero-order chi connectivity index (χ0) is 24.9. The lowest BCUT2D eigenvalue weighted by atomic mass is 10.2. The molecule has 3 aromatic rings. The Morgan fingerprint density at radius 3 is 2.77 bits per heavy atom. The number of hydrogen-bond donors (Lipinski definition) is 2. The van der Waals surface area contributed by atoms with Gasteiger partial charge in [-0.05, 0) is 32.9 Å². The number of nitrogens with zero attached hydrogens (tertiary/aromatic N) is 4. The summed E-state index contributed by atoms with van der Waals surface area (Å²) in [4.78, 5) is 33.8. The highest BCUT2D eigenvalue weighted by Gasteiger charge is 2.24. The Labute approximate surface area is 207 Å². The van der Waals surface area contributed by atoms with Gasteiger partial charge in [-0.3, -0.25) is 19.5 Å². The number of carbonyl (C=O) groups excluding carboxylic acids is 2. The monoisotopic (exact) mass is 498 g/mol. The smallest absolute Gasteiger partial charge is 0.260 e. The number of aryl methyl sites for hydroxylation is 1. The summed E-state index contributed by atoms with van der Waals surface area (Å²) in [6, 6.07) is 1.72. The first kappa shape index (κ1) is 25.0. The van der Waals surface area contributed by atoms with Gasteiger partial charge in [0.2, 0.25) is 5.91 Å². The zero-order valence-corrected chi connectivity index (χ0v) is 21.1. The minimum atomic E-state index is -0.293. The molecule has 186 valence electrons. The summed E-state index contributed by atoms with van der Waals surface area (Å²) in [5, 5.41) is 10.1. The van der Waals surface area contributed by atoms with E-state index in [0.717, 1.165) is 9.71 Å². The van der Waals surface area contributed by atoms with Gasteiger partial charge in [0.1, 0.15) is 4.83 Å². The van der Waals surface area contributed by atoms with Crippen LogP contribution in [0.3, 0.4) is 0 Å². The molecule has 2 atom stereocenters. The minimum Gasteiger partial charge on any atom is -0.381 e. The average Bonchev–Trinajstić information content (AvgIpc) is 3.36. The standard InChI is InChI=1S/C24H30N6O4S/c1-15-11-29(12-16(2)34-15)14-22(31)27-18-8-21(17(3)25-9-18)28-23(32)20-10-26-30-13-19(35-24(20)30)6-5-7-33-4/h5-6,8-10,13,15-16H,7,11-12,14H2,1-4H3,(H,27,31)(H,28,32)/b6-5+. The molecule has 0 bridgehead atoms. The Balaban J connectivity index is 1.42. The predicted octanol–water partition coefficient (Wildman–Crippen LogP) is 3.06. The summed E-state index contributed by atoms with van der Waals surface area (Å²) < 4.78 is 12.4. The van der Waals surface area contributed by atoms with Gasteiger partial charge in [0.25, 0.3) is 5.91 Å². The summed E-state index contributed by atoms with van der Waals surface area (Å²) in [6.45, 7) is 8.00. The van der Waals surface area contributed by atoms with Crippen molar-refractivity contribution in [1.82, 2.24) is 19.5 Å². The number of fused-ring (bicyclic) bond motifs is 1. The van der Waals surface area contributed by atoms with Crippen LogP contribution in [0, 0.1) is 6.92 Å². The van der Waals surface area contributed by atoms with Crippen LogP contribution < -0.4 is 10.6 Å². The Kier molecular flexibility index (Phi) is 7.91. The highest BCUT2D eigenvalue weighted by Crippen LogP contribution is 2.25. The molecule has 4 rings (SSSR count). The van der Waals surface area contributed by atoms with Gasteiger partial charge in [-0.1, -0.05) is 6.08 Å². The summed E-state index contributed by atoms with van der Waals surface area (Å²) >= 11 is 1.46. The number of hydrogen-bond acceptors (Lipinski definition) is 8. The molecule has 1 fully saturated rings. The van der Waals surface area contributed by atoms with E-state index in [1.807, 2.05) is 32.2 Å². The Morgan fingerprint density at radius 1 is 1.26 bits per heavy atom. The maximum atomic E-state index is 13.0. The lowest BCUT2D eigenvalue weighted by Crippen LogP contribution is -2.48. The third-order valence-electron chi connectivity index (χ3n) is 5.48. The fourth-order valence-electron chi connectivity index (χ4n) is 4.03. The van der Waals surface area contributed by atoms with Crippen molar-refractivity contribution in [2.24, 2.45) is 0 Å². The molecule has 0 aliphatic carbocycles. The SMILES string of the molecule is COC/C=C/c1cn2ncc(C(=O)Nc3cc(NC(=O)CN4CC(C)OC(C)C4)cnc3C)c2s1. The molecule has 1 saturated heterocycles. The molecular weight excluding hydrogens is 468 g/mol. The molecule has 2 amide bonds. The van der Waals surface area contributed by atoms with Crippen LogP contribution in [0.25, 0.3) is 10.9 Å². The van der Waals surface area contributed by atoms with E-state index in [9.17, 15) is 9.59 Å². The fourth-order valence-corrected chi connectivity index (χ4v) is 5.02. The van der Waals surface area contributed by atoms with Crippen molar-refractivity contribution < 1.29 is 19.1 Å². The van der Waals surface area contributed by atoms with E-state index in [-0.39, 0.29) is 30.6 Å². The normalized spacial score (nSPS) is 18.9. The van der Waals surface area contributed by atoms with Gasteiger partial charge in [0.15, 0.2) is 0 Å².